The van der Waals surface area contributed by atoms with Crippen molar-refractivity contribution in [3.05, 3.63) is 53.6 Å². The number of benzene rings is 2. The fourth-order valence-electron chi connectivity index (χ4n) is 1.69. The second kappa shape index (κ2) is 6.51. The first-order chi connectivity index (χ1) is 10.7. The average molecular weight is 362 g/mol. The first-order valence-electron chi connectivity index (χ1n) is 6.10. The van der Waals surface area contributed by atoms with Gasteiger partial charge in [-0.2, -0.15) is 0 Å². The summed E-state index contributed by atoms with van der Waals surface area (Å²) in [4.78, 5) is 11.2. The van der Waals surface area contributed by atoms with E-state index in [0.29, 0.717) is 6.07 Å². The van der Waals surface area contributed by atoms with E-state index in [1.54, 1.807) is 0 Å². The van der Waals surface area contributed by atoms with Gasteiger partial charge in [0, 0.05) is 11.6 Å². The smallest absolute Gasteiger partial charge is 0.252 e. The van der Waals surface area contributed by atoms with E-state index < -0.39 is 26.9 Å². The van der Waals surface area contributed by atoms with Crippen molar-refractivity contribution in [3.8, 4) is 11.5 Å². The second-order valence-electron chi connectivity index (χ2n) is 4.54. The van der Waals surface area contributed by atoms with E-state index >= 15 is 0 Å². The Hall–Kier alpha value is -2.19. The molecule has 2 aromatic carbocycles. The van der Waals surface area contributed by atoms with Gasteiger partial charge in [-0.1, -0.05) is 0 Å². The molecule has 0 fully saturated rings. The summed E-state index contributed by atoms with van der Waals surface area (Å²) < 4.78 is 56.7. The molecule has 0 aliphatic carbocycles. The largest absolute Gasteiger partial charge is 0.452 e. The number of hydrogen-bond donors (Lipinski definition) is 1. The van der Waals surface area contributed by atoms with Crippen LogP contribution < -0.4 is 9.46 Å². The molecule has 2 rings (SSSR count). The van der Waals surface area contributed by atoms with Gasteiger partial charge in [0.05, 0.1) is 11.9 Å². The summed E-state index contributed by atoms with van der Waals surface area (Å²) in [5.74, 6) is -2.29. The Morgan fingerprint density at radius 3 is 2.39 bits per heavy atom. The van der Waals surface area contributed by atoms with Crippen LogP contribution in [0.2, 0.25) is 0 Å². The van der Waals surface area contributed by atoms with E-state index in [-0.39, 0.29) is 22.7 Å². The van der Waals surface area contributed by atoms with Crippen molar-refractivity contribution in [2.45, 2.75) is 0 Å². The van der Waals surface area contributed by atoms with Crippen molar-refractivity contribution in [3.63, 3.8) is 0 Å². The topological polar surface area (TPSA) is 72.5 Å². The van der Waals surface area contributed by atoms with Crippen molar-refractivity contribution < 1.29 is 26.7 Å². The number of rotatable bonds is 5. The molecule has 122 valence electrons. The van der Waals surface area contributed by atoms with Gasteiger partial charge in [0.25, 0.3) is 5.24 Å². The first-order valence-corrected chi connectivity index (χ1v) is 8.37. The highest BCUT2D eigenvalue weighted by atomic mass is 35.5. The summed E-state index contributed by atoms with van der Waals surface area (Å²) in [5.41, 5.74) is -0.0128. The lowest BCUT2D eigenvalue weighted by molar-refractivity contribution is 0.108. The zero-order chi connectivity index (χ0) is 17.2. The third-order valence-electron chi connectivity index (χ3n) is 2.62. The number of sulfonamides is 1. The average Bonchev–Trinajstić information content (AvgIpc) is 2.41. The van der Waals surface area contributed by atoms with Crippen molar-refractivity contribution in [2.24, 2.45) is 0 Å². The molecule has 2 aromatic rings. The minimum Gasteiger partial charge on any atom is -0.452 e. The lowest BCUT2D eigenvalue weighted by Gasteiger charge is -2.13. The van der Waals surface area contributed by atoms with E-state index in [1.807, 2.05) is 0 Å². The molecule has 0 saturated heterocycles. The summed E-state index contributed by atoms with van der Waals surface area (Å²) in [7, 11) is -3.64. The van der Waals surface area contributed by atoms with Crippen LogP contribution in [0.4, 0.5) is 14.5 Å². The highest BCUT2D eigenvalue weighted by molar-refractivity contribution is 7.92. The highest BCUT2D eigenvalue weighted by Gasteiger charge is 2.15. The number of carbonyl (C=O) groups excluding carboxylic acids is 1. The van der Waals surface area contributed by atoms with Gasteiger partial charge in [-0.05, 0) is 41.9 Å². The van der Waals surface area contributed by atoms with Crippen molar-refractivity contribution in [2.75, 3.05) is 11.0 Å². The molecule has 0 heterocycles. The van der Waals surface area contributed by atoms with Crippen LogP contribution in [-0.4, -0.2) is 19.9 Å². The lowest BCUT2D eigenvalue weighted by Crippen LogP contribution is -2.10. The number of carbonyl (C=O) groups is 1. The van der Waals surface area contributed by atoms with Crippen LogP contribution in [0.25, 0.3) is 0 Å². The minimum absolute atomic E-state index is 0.0169. The highest BCUT2D eigenvalue weighted by Crippen LogP contribution is 2.33. The van der Waals surface area contributed by atoms with E-state index in [9.17, 15) is 22.0 Å². The maximum Gasteiger partial charge on any atom is 0.252 e. The Bertz CT molecular complexity index is 871. The molecule has 0 aromatic heterocycles. The van der Waals surface area contributed by atoms with Crippen LogP contribution in [0.1, 0.15) is 10.4 Å². The van der Waals surface area contributed by atoms with Crippen LogP contribution in [0.3, 0.4) is 0 Å². The van der Waals surface area contributed by atoms with E-state index in [1.165, 1.54) is 12.1 Å². The summed E-state index contributed by atoms with van der Waals surface area (Å²) >= 11 is 5.36. The lowest BCUT2D eigenvalue weighted by atomic mass is 10.2. The van der Waals surface area contributed by atoms with Gasteiger partial charge in [0.15, 0.2) is 17.3 Å². The van der Waals surface area contributed by atoms with Crippen molar-refractivity contribution in [1.29, 1.82) is 0 Å². The number of anilines is 1. The fraction of sp³-hybridized carbons (Fsp3) is 0.0714. The maximum absolute atomic E-state index is 13.7. The molecule has 0 amide bonds. The second-order valence-corrected chi connectivity index (χ2v) is 6.63. The van der Waals surface area contributed by atoms with E-state index in [4.69, 9.17) is 16.3 Å². The zero-order valence-corrected chi connectivity index (χ0v) is 13.2. The summed E-state index contributed by atoms with van der Waals surface area (Å²) in [5, 5.41) is -0.805. The molecule has 9 heteroatoms. The number of halogens is 3. The molecular weight excluding hydrogens is 352 g/mol. The van der Waals surface area contributed by atoms with Crippen LogP contribution >= 0.6 is 11.6 Å². The van der Waals surface area contributed by atoms with Gasteiger partial charge in [-0.25, -0.2) is 17.2 Å². The SMILES string of the molecule is CS(=O)(=O)Nc1ccc(C(=O)Cl)cc1Oc1ccc(F)cc1F. The molecule has 23 heavy (non-hydrogen) atoms. The summed E-state index contributed by atoms with van der Waals surface area (Å²) in [6, 6.07) is 6.27. The third kappa shape index (κ3) is 4.64. The predicted octanol–water partition coefficient (Wildman–Crippen LogP) is 3.51. The Labute approximate surface area is 135 Å². The molecule has 0 unspecified atom stereocenters. The minimum atomic E-state index is -3.64. The fourth-order valence-corrected chi connectivity index (χ4v) is 2.38. The summed E-state index contributed by atoms with van der Waals surface area (Å²) in [6.45, 7) is 0. The number of nitrogens with one attached hydrogen (secondary N) is 1. The van der Waals surface area contributed by atoms with E-state index in [0.717, 1.165) is 24.5 Å². The first kappa shape index (κ1) is 17.2. The van der Waals surface area contributed by atoms with Gasteiger partial charge < -0.3 is 4.74 Å². The molecule has 5 nitrogen and oxygen atoms in total. The maximum atomic E-state index is 13.7. The van der Waals surface area contributed by atoms with Crippen LogP contribution in [0.15, 0.2) is 36.4 Å². The zero-order valence-electron chi connectivity index (χ0n) is 11.6. The molecule has 1 N–H and O–H groups in total. The van der Waals surface area contributed by atoms with Gasteiger partial charge >= 0.3 is 0 Å². The predicted molar refractivity (Wildman–Crippen MR) is 81.5 cm³/mol. The molecule has 0 spiro atoms. The Morgan fingerprint density at radius 2 is 1.83 bits per heavy atom. The Kier molecular flexibility index (Phi) is 4.86. The molecule has 0 saturated carbocycles. The molecule has 0 atom stereocenters. The van der Waals surface area contributed by atoms with Gasteiger partial charge in [-0.15, -0.1) is 0 Å². The van der Waals surface area contributed by atoms with Gasteiger partial charge in [0.1, 0.15) is 5.82 Å². The van der Waals surface area contributed by atoms with Crippen molar-refractivity contribution in [1.82, 2.24) is 0 Å². The Morgan fingerprint density at radius 1 is 1.13 bits per heavy atom. The summed E-state index contributed by atoms with van der Waals surface area (Å²) in [6.07, 6.45) is 0.913. The standard InChI is InChI=1S/C14H10ClF2NO4S/c1-23(20,21)18-11-4-2-8(14(15)19)6-13(11)22-12-5-3-9(16)7-10(12)17/h2-7,18H,1H3. The monoisotopic (exact) mass is 361 g/mol. The Balaban J connectivity index is 2.48. The molecule has 0 radical (unpaired) electrons. The van der Waals surface area contributed by atoms with Crippen LogP contribution in [0, 0.1) is 11.6 Å². The van der Waals surface area contributed by atoms with E-state index in [2.05, 4.69) is 4.72 Å². The number of ether oxygens (including phenoxy) is 1. The van der Waals surface area contributed by atoms with Gasteiger partial charge in [0.2, 0.25) is 10.0 Å². The van der Waals surface area contributed by atoms with Crippen molar-refractivity contribution >= 4 is 32.6 Å². The third-order valence-corrected chi connectivity index (χ3v) is 3.43. The molecule has 0 bridgehead atoms. The van der Waals surface area contributed by atoms with Crippen LogP contribution in [0.5, 0.6) is 11.5 Å². The normalized spacial score (nSPS) is 11.1. The number of hydrogen-bond acceptors (Lipinski definition) is 4. The molecule has 0 aliphatic heterocycles. The van der Waals surface area contributed by atoms with Gasteiger partial charge in [-0.3, -0.25) is 9.52 Å². The quantitative estimate of drug-likeness (QED) is 0.827. The van der Waals surface area contributed by atoms with Crippen LogP contribution in [-0.2, 0) is 10.0 Å². The molecule has 0 aliphatic rings. The molecular formula is C14H10ClF2NO4S.